The van der Waals surface area contributed by atoms with Gasteiger partial charge in [-0.25, -0.2) is 0 Å². The summed E-state index contributed by atoms with van der Waals surface area (Å²) in [4.78, 5) is 0. The van der Waals surface area contributed by atoms with E-state index < -0.39 is 16.2 Å². The summed E-state index contributed by atoms with van der Waals surface area (Å²) in [6, 6.07) is 31.0. The molecule has 2 heterocycles. The molecule has 1 aliphatic rings. The van der Waals surface area contributed by atoms with Crippen LogP contribution in [0.25, 0.3) is 21.9 Å². The van der Waals surface area contributed by atoms with Gasteiger partial charge in [-0.3, -0.25) is 4.52 Å². The Labute approximate surface area is 259 Å². The molecule has 1 aliphatic heterocycles. The number of halogens is 1. The number of unbranched alkanes of at least 4 members (excludes halogenated alkanes) is 1. The van der Waals surface area contributed by atoms with Crippen molar-refractivity contribution >= 4 is 60.7 Å². The molecule has 41 heavy (non-hydrogen) atoms. The minimum atomic E-state index is -1.62. The molecule has 3 unspecified atom stereocenters. The highest BCUT2D eigenvalue weighted by atomic mass is 127. The lowest BCUT2D eigenvalue weighted by atomic mass is 10.00. The van der Waals surface area contributed by atoms with Gasteiger partial charge in [0.2, 0.25) is 0 Å². The predicted molar refractivity (Wildman–Crippen MR) is 183 cm³/mol. The van der Waals surface area contributed by atoms with Gasteiger partial charge < -0.3 is 8.39 Å². The summed E-state index contributed by atoms with van der Waals surface area (Å²) in [5, 5.41) is 2.23. The van der Waals surface area contributed by atoms with E-state index in [1.165, 1.54) is 40.7 Å². The standard InChI is InChI=1S/C35H37IO3P2/c1-4-5-12-28-19-24(2)20-29-30-21-25(3)22-31(36)35(30)39-41(38-34(28)29)37-23-40-32(26-13-8-6-9-14-26)17-18-33(40)27-15-10-7-11-16-27/h6-11,13-16,19-22,32-33H,4-5,12,17-18,23H2,1-3H3/t32-,33?,40?,41?/m1/s1. The summed E-state index contributed by atoms with van der Waals surface area (Å²) < 4.78 is 21.4. The molecule has 4 aromatic carbocycles. The molecule has 0 bridgehead atoms. The van der Waals surface area contributed by atoms with Crippen molar-refractivity contribution in [2.24, 2.45) is 0 Å². The van der Waals surface area contributed by atoms with Crippen LogP contribution in [0.5, 0.6) is 0 Å². The average molecular weight is 695 g/mol. The maximum absolute atomic E-state index is 6.79. The van der Waals surface area contributed by atoms with Crippen LogP contribution in [0, 0.1) is 17.4 Å². The largest absolute Gasteiger partial charge is 0.399 e. The monoisotopic (exact) mass is 694 g/mol. The molecule has 1 fully saturated rings. The first-order valence-corrected chi connectivity index (χ1v) is 18.4. The third-order valence-electron chi connectivity index (χ3n) is 8.11. The van der Waals surface area contributed by atoms with Crippen LogP contribution in [0.15, 0.2) is 93.3 Å². The summed E-state index contributed by atoms with van der Waals surface area (Å²) >= 11 is 2.40. The second-order valence-corrected chi connectivity index (χ2v) is 15.9. The molecule has 4 atom stereocenters. The molecular weight excluding hydrogens is 657 g/mol. The first kappa shape index (κ1) is 29.0. The fourth-order valence-corrected chi connectivity index (χ4v) is 11.9. The van der Waals surface area contributed by atoms with E-state index in [2.05, 4.69) is 128 Å². The van der Waals surface area contributed by atoms with Crippen LogP contribution in [0.1, 0.15) is 71.7 Å². The molecule has 212 valence electrons. The lowest BCUT2D eigenvalue weighted by Gasteiger charge is -2.25. The molecule has 3 nitrogen and oxygen atoms in total. The van der Waals surface area contributed by atoms with Gasteiger partial charge in [0.15, 0.2) is 5.58 Å². The first-order chi connectivity index (χ1) is 20.0. The molecule has 0 saturated carbocycles. The van der Waals surface area contributed by atoms with E-state index in [1.54, 1.807) is 0 Å². The smallest absolute Gasteiger partial charge is 0.387 e. The van der Waals surface area contributed by atoms with E-state index in [4.69, 9.17) is 12.9 Å². The Hall–Kier alpha value is -2.10. The zero-order valence-corrected chi connectivity index (χ0v) is 27.9. The molecule has 1 saturated heterocycles. The lowest BCUT2D eigenvalue weighted by molar-refractivity contribution is 0.432. The third-order valence-corrected chi connectivity index (χ3v) is 13.3. The number of hydrogen-bond acceptors (Lipinski definition) is 3. The Kier molecular flexibility index (Phi) is 9.22. The van der Waals surface area contributed by atoms with Crippen molar-refractivity contribution in [2.45, 2.75) is 64.2 Å². The van der Waals surface area contributed by atoms with Gasteiger partial charge in [0.05, 0.1) is 9.92 Å². The summed E-state index contributed by atoms with van der Waals surface area (Å²) in [6.45, 7) is 6.57. The minimum absolute atomic E-state index is 0.496. The van der Waals surface area contributed by atoms with E-state index in [0.717, 1.165) is 44.8 Å². The fraction of sp³-hybridized carbons (Fsp3) is 0.314. The second-order valence-electron chi connectivity index (χ2n) is 11.1. The van der Waals surface area contributed by atoms with Gasteiger partial charge >= 0.3 is 8.24 Å². The molecule has 0 radical (unpaired) electrons. The van der Waals surface area contributed by atoms with Crippen molar-refractivity contribution < 1.29 is 12.9 Å². The number of fused-ring (bicyclic) bond motifs is 3. The molecule has 1 aromatic heterocycles. The van der Waals surface area contributed by atoms with E-state index in [0.29, 0.717) is 17.7 Å². The predicted octanol–water partition coefficient (Wildman–Crippen LogP) is 12.0. The summed E-state index contributed by atoms with van der Waals surface area (Å²) in [5.41, 5.74) is 9.40. The molecule has 5 aromatic rings. The van der Waals surface area contributed by atoms with E-state index >= 15 is 0 Å². The van der Waals surface area contributed by atoms with Gasteiger partial charge in [0.25, 0.3) is 0 Å². The van der Waals surface area contributed by atoms with Crippen molar-refractivity contribution in [2.75, 3.05) is 6.35 Å². The Morgan fingerprint density at radius 3 is 1.95 bits per heavy atom. The number of hydrogen-bond donors (Lipinski definition) is 0. The van der Waals surface area contributed by atoms with Crippen LogP contribution in [0.2, 0.25) is 0 Å². The van der Waals surface area contributed by atoms with Crippen molar-refractivity contribution in [1.82, 2.24) is 0 Å². The molecule has 0 aliphatic carbocycles. The maximum atomic E-state index is 6.79. The van der Waals surface area contributed by atoms with Crippen molar-refractivity contribution in [3.8, 4) is 0 Å². The van der Waals surface area contributed by atoms with Gasteiger partial charge in [-0.1, -0.05) is 88.0 Å². The van der Waals surface area contributed by atoms with E-state index in [1.807, 2.05) is 0 Å². The van der Waals surface area contributed by atoms with Crippen LogP contribution < -0.4 is 4.52 Å². The molecule has 6 rings (SSSR count). The van der Waals surface area contributed by atoms with Crippen molar-refractivity contribution in [3.63, 3.8) is 0 Å². The van der Waals surface area contributed by atoms with E-state index in [-0.39, 0.29) is 0 Å². The van der Waals surface area contributed by atoms with Gasteiger partial charge in [-0.15, -0.1) is 0 Å². The summed E-state index contributed by atoms with van der Waals surface area (Å²) in [6.07, 6.45) is 6.28. The highest BCUT2D eigenvalue weighted by molar-refractivity contribution is 14.1. The number of benzene rings is 4. The summed E-state index contributed by atoms with van der Waals surface area (Å²) in [5.74, 6) is 0. The molecular formula is C35H37IO3P2. The lowest BCUT2D eigenvalue weighted by Crippen LogP contribution is -2.02. The molecule has 6 heteroatoms. The Bertz CT molecular complexity index is 1640. The van der Waals surface area contributed by atoms with E-state index in [9.17, 15) is 0 Å². The quantitative estimate of drug-likeness (QED) is 0.120. The first-order valence-electron chi connectivity index (χ1n) is 14.6. The van der Waals surface area contributed by atoms with Gasteiger partial charge in [-0.2, -0.15) is 0 Å². The SMILES string of the molecule is CCCCc1cc(C)cc2c1op(OCP1C(c3ccccc3)CC[C@@H]1c1ccccc1)oc1c(I)cc(C)cc12. The number of rotatable bonds is 8. The van der Waals surface area contributed by atoms with Crippen LogP contribution in [0.3, 0.4) is 0 Å². The summed E-state index contributed by atoms with van der Waals surface area (Å²) in [7, 11) is -2.11. The topological polar surface area (TPSA) is 35.5 Å². The Balaban J connectivity index is 1.45. The van der Waals surface area contributed by atoms with Crippen LogP contribution in [-0.4, -0.2) is 6.35 Å². The van der Waals surface area contributed by atoms with Gasteiger partial charge in [-0.05, 0) is 108 Å². The Morgan fingerprint density at radius 1 is 0.780 bits per heavy atom. The van der Waals surface area contributed by atoms with Gasteiger partial charge in [0.1, 0.15) is 5.58 Å². The highest BCUT2D eigenvalue weighted by Crippen LogP contribution is 2.70. The van der Waals surface area contributed by atoms with Crippen LogP contribution >= 0.6 is 38.8 Å². The zero-order chi connectivity index (χ0) is 28.3. The van der Waals surface area contributed by atoms with Crippen LogP contribution in [0.4, 0.5) is 0 Å². The highest BCUT2D eigenvalue weighted by Gasteiger charge is 2.38. The van der Waals surface area contributed by atoms with Crippen LogP contribution in [-0.2, 0) is 6.42 Å². The Morgan fingerprint density at radius 2 is 1.34 bits per heavy atom. The fourth-order valence-electron chi connectivity index (χ4n) is 6.18. The third kappa shape index (κ3) is 6.32. The van der Waals surface area contributed by atoms with Crippen molar-refractivity contribution in [3.05, 3.63) is 116 Å². The average Bonchev–Trinajstić information content (AvgIpc) is 3.34. The number of aryl methyl sites for hydroxylation is 3. The minimum Gasteiger partial charge on any atom is -0.399 e. The second kappa shape index (κ2) is 13.0. The molecule has 0 amide bonds. The normalized spacial score (nSPS) is 19.2. The molecule has 0 spiro atoms. The zero-order valence-electron chi connectivity index (χ0n) is 24.0. The van der Waals surface area contributed by atoms with Gasteiger partial charge in [0, 0.05) is 22.1 Å². The maximum Gasteiger partial charge on any atom is 0.387 e. The molecule has 0 N–H and O–H groups in total. The van der Waals surface area contributed by atoms with Crippen molar-refractivity contribution in [1.29, 1.82) is 0 Å².